The number of aliphatic hydroxyl groups excluding tert-OH is 1. The first-order chi connectivity index (χ1) is 16.3. The molecule has 0 bridgehead atoms. The van der Waals surface area contributed by atoms with Crippen LogP contribution in [0.15, 0.2) is 22.7 Å². The summed E-state index contributed by atoms with van der Waals surface area (Å²) in [6.07, 6.45) is 9.17. The van der Waals surface area contributed by atoms with Crippen LogP contribution in [0.3, 0.4) is 0 Å². The average Bonchev–Trinajstić information content (AvgIpc) is 2.75. The third kappa shape index (κ3) is 14.6. The first-order valence-electron chi connectivity index (χ1n) is 12.0. The Morgan fingerprint density at radius 1 is 0.800 bits per heavy atom. The highest BCUT2D eigenvalue weighted by Gasteiger charge is 2.34. The van der Waals surface area contributed by atoms with Gasteiger partial charge in [-0.3, -0.25) is 14.1 Å². The maximum Gasteiger partial charge on any atom is 0.469 e. The zero-order chi connectivity index (χ0) is 27.1. The van der Waals surface area contributed by atoms with Crippen molar-refractivity contribution in [2.75, 3.05) is 55.1 Å². The molecule has 0 saturated carbocycles. The molecule has 0 amide bonds. The number of ketones is 2. The van der Waals surface area contributed by atoms with E-state index in [1.807, 2.05) is 21.1 Å². The molecule has 0 fully saturated rings. The molecule has 1 aliphatic carbocycles. The van der Waals surface area contributed by atoms with Crippen LogP contribution >= 0.6 is 7.82 Å². The highest BCUT2D eigenvalue weighted by atomic mass is 31.2. The second-order valence-corrected chi connectivity index (χ2v) is 10.7. The van der Waals surface area contributed by atoms with E-state index in [2.05, 4.69) is 4.52 Å². The van der Waals surface area contributed by atoms with Gasteiger partial charge >= 0.3 is 7.82 Å². The van der Waals surface area contributed by atoms with Gasteiger partial charge in [-0.05, 0) is 26.2 Å². The fraction of sp³-hybridized carbons (Fsp3) is 0.750. The van der Waals surface area contributed by atoms with Crippen LogP contribution in [-0.2, 0) is 28.2 Å². The minimum Gasteiger partial charge on any atom is -0.489 e. The summed E-state index contributed by atoms with van der Waals surface area (Å²) in [5.74, 6) is -0.457. The zero-order valence-electron chi connectivity index (χ0n) is 22.2. The Kier molecular flexibility index (Phi) is 16.2. The van der Waals surface area contributed by atoms with Crippen molar-refractivity contribution in [3.8, 4) is 0 Å². The average molecular weight is 523 g/mol. The maximum atomic E-state index is 12.5. The molecule has 0 aromatic heterocycles. The number of hydrogen-bond acceptors (Lipinski definition) is 7. The van der Waals surface area contributed by atoms with Gasteiger partial charge in [-0.15, -0.1) is 0 Å². The van der Waals surface area contributed by atoms with Gasteiger partial charge in [-0.1, -0.05) is 38.5 Å². The molecule has 3 N–H and O–H groups in total. The molecule has 0 radical (unpaired) electrons. The van der Waals surface area contributed by atoms with E-state index in [1.165, 1.54) is 33.5 Å². The Hall–Kier alpha value is -1.55. The van der Waals surface area contributed by atoms with E-state index in [1.54, 1.807) is 6.92 Å². The lowest BCUT2D eigenvalue weighted by Crippen LogP contribution is -2.37. The van der Waals surface area contributed by atoms with E-state index >= 15 is 0 Å². The van der Waals surface area contributed by atoms with E-state index in [9.17, 15) is 14.2 Å². The quantitative estimate of drug-likeness (QED) is 0.121. The molecule has 11 heteroatoms. The van der Waals surface area contributed by atoms with Gasteiger partial charge in [0, 0.05) is 17.8 Å². The van der Waals surface area contributed by atoms with Crippen LogP contribution in [0.4, 0.5) is 0 Å². The lowest BCUT2D eigenvalue weighted by Gasteiger charge is -2.23. The number of quaternary nitrogens is 1. The molecular weight excluding hydrogens is 477 g/mol. The number of carbonyl (C=O) groups excluding carboxylic acids is 2. The zero-order valence-corrected chi connectivity index (χ0v) is 23.1. The van der Waals surface area contributed by atoms with Crippen LogP contribution in [0.5, 0.6) is 0 Å². The van der Waals surface area contributed by atoms with Crippen LogP contribution in [-0.4, -0.2) is 86.1 Å². The monoisotopic (exact) mass is 522 g/mol. The number of phosphoric acid groups is 1. The van der Waals surface area contributed by atoms with Crippen molar-refractivity contribution in [1.82, 2.24) is 0 Å². The molecule has 35 heavy (non-hydrogen) atoms. The topological polar surface area (TPSA) is 140 Å². The number of phosphoric ester groups is 1. The molecule has 0 atom stereocenters. The molecular formula is C24H45NO9P+. The van der Waals surface area contributed by atoms with Gasteiger partial charge in [0.05, 0.1) is 35.4 Å². The summed E-state index contributed by atoms with van der Waals surface area (Å²) in [4.78, 5) is 41.3. The van der Waals surface area contributed by atoms with Gasteiger partial charge in [0.15, 0.2) is 0 Å². The Balaban J connectivity index is 0.000000883. The molecule has 0 aromatic carbocycles. The highest BCUT2D eigenvalue weighted by molar-refractivity contribution is 7.46. The van der Waals surface area contributed by atoms with E-state index in [-0.39, 0.29) is 36.3 Å². The summed E-state index contributed by atoms with van der Waals surface area (Å²) in [5, 5.41) is 8.72. The van der Waals surface area contributed by atoms with Gasteiger partial charge < -0.3 is 28.9 Å². The van der Waals surface area contributed by atoms with Crippen molar-refractivity contribution >= 4 is 19.4 Å². The van der Waals surface area contributed by atoms with Crippen LogP contribution < -0.4 is 0 Å². The maximum absolute atomic E-state index is 12.5. The molecule has 0 saturated heterocycles. The van der Waals surface area contributed by atoms with Gasteiger partial charge in [0.25, 0.3) is 0 Å². The van der Waals surface area contributed by atoms with E-state index in [0.717, 1.165) is 32.1 Å². The van der Waals surface area contributed by atoms with E-state index in [4.69, 9.17) is 24.4 Å². The van der Waals surface area contributed by atoms with Crippen molar-refractivity contribution in [2.24, 2.45) is 0 Å². The largest absolute Gasteiger partial charge is 0.489 e. The summed E-state index contributed by atoms with van der Waals surface area (Å²) in [6.45, 7) is 2.62. The highest BCUT2D eigenvalue weighted by Crippen LogP contribution is 2.35. The number of hydrogen-bond donors (Lipinski definition) is 3. The molecule has 1 aliphatic rings. The van der Waals surface area contributed by atoms with Gasteiger partial charge in [-0.25, -0.2) is 4.57 Å². The smallest absolute Gasteiger partial charge is 0.469 e. The molecule has 0 heterocycles. The molecule has 0 spiro atoms. The summed E-state index contributed by atoms with van der Waals surface area (Å²) < 4.78 is 25.2. The summed E-state index contributed by atoms with van der Waals surface area (Å²) in [5.41, 5.74) is 1.03. The van der Waals surface area contributed by atoms with Gasteiger partial charge in [0.1, 0.15) is 13.2 Å². The minimum absolute atomic E-state index is 0.00614. The first kappa shape index (κ1) is 33.4. The van der Waals surface area contributed by atoms with Crippen LogP contribution in [0, 0.1) is 0 Å². The Labute approximate surface area is 209 Å². The molecule has 0 aliphatic heterocycles. The third-order valence-electron chi connectivity index (χ3n) is 5.45. The van der Waals surface area contributed by atoms with E-state index < -0.39 is 7.82 Å². The predicted octanol–water partition coefficient (Wildman–Crippen LogP) is 3.26. The van der Waals surface area contributed by atoms with Crippen molar-refractivity contribution < 1.29 is 47.5 Å². The Bertz CT molecular complexity index is 778. The van der Waals surface area contributed by atoms with Crippen molar-refractivity contribution in [2.45, 2.75) is 64.7 Å². The van der Waals surface area contributed by atoms with Gasteiger partial charge in [-0.2, -0.15) is 0 Å². The predicted molar refractivity (Wildman–Crippen MR) is 133 cm³/mol. The third-order valence-corrected chi connectivity index (χ3v) is 5.97. The van der Waals surface area contributed by atoms with Crippen molar-refractivity contribution in [3.63, 3.8) is 0 Å². The van der Waals surface area contributed by atoms with E-state index in [0.29, 0.717) is 28.6 Å². The number of rotatable bonds is 16. The van der Waals surface area contributed by atoms with Crippen LogP contribution in [0.2, 0.25) is 0 Å². The second-order valence-electron chi connectivity index (χ2n) is 9.47. The number of Topliss-reactive ketones (excluding diaryl/α,β-unsaturated/α-hetero) is 2. The van der Waals surface area contributed by atoms with Crippen molar-refractivity contribution in [1.29, 1.82) is 0 Å². The number of ether oxygens (including phenoxy) is 2. The number of aliphatic hydroxyl groups is 1. The van der Waals surface area contributed by atoms with Crippen molar-refractivity contribution in [3.05, 3.63) is 22.7 Å². The lowest BCUT2D eigenvalue weighted by molar-refractivity contribution is -0.870. The number of nitrogens with zero attached hydrogens (tertiary/aromatic N) is 1. The molecule has 0 unspecified atom stereocenters. The number of likely N-dealkylation sites (N-methyl/N-ethyl adjacent to an activating group) is 1. The molecule has 0 aromatic rings. The normalized spacial score (nSPS) is 14.8. The molecule has 204 valence electrons. The summed E-state index contributed by atoms with van der Waals surface area (Å²) in [6, 6.07) is 0. The number of methoxy groups -OCH3 is 2. The number of unbranched alkanes of at least 4 members (excludes halogenated alkanes) is 7. The fourth-order valence-corrected chi connectivity index (χ4v) is 3.72. The SMILES string of the molecule is COC1=C(OC)C(=O)C(CCCCCCCCCCO)=C(C)C1=O.C[N+](C)(C)CCOP(=O)(O)O. The Morgan fingerprint density at radius 2 is 1.26 bits per heavy atom. The number of allylic oxidation sites excluding steroid dienone is 2. The number of carbonyl (C=O) groups is 2. The fourth-order valence-electron chi connectivity index (χ4n) is 3.40. The molecule has 1 rings (SSSR count). The van der Waals surface area contributed by atoms with Gasteiger partial charge in [0.2, 0.25) is 23.1 Å². The summed E-state index contributed by atoms with van der Waals surface area (Å²) >= 11 is 0. The van der Waals surface area contributed by atoms with Crippen LogP contribution in [0.1, 0.15) is 64.7 Å². The standard InChI is InChI=1S/C19H30O5.C5H14NO4P/c1-14-15(12-10-8-6-4-5-7-9-11-13-20)17(22)19(24-3)18(23-2)16(14)21;1-6(2,3)4-5-10-11(7,8)9/h20H,4-13H2,1-3H3;4-5H2,1-3H3,(H-,7,8,9)/p+1. The first-order valence-corrected chi connectivity index (χ1v) is 13.5. The van der Waals surface area contributed by atoms with Crippen LogP contribution in [0.25, 0.3) is 0 Å². The Morgan fingerprint density at radius 3 is 1.69 bits per heavy atom. The summed E-state index contributed by atoms with van der Waals surface area (Å²) in [7, 11) is 4.25. The molecule has 10 nitrogen and oxygen atoms in total. The lowest BCUT2D eigenvalue weighted by atomic mass is 9.89. The second kappa shape index (κ2) is 17.0. The minimum atomic E-state index is -4.26.